The summed E-state index contributed by atoms with van der Waals surface area (Å²) in [5.41, 5.74) is 0.252. The normalized spacial score (nSPS) is 27.5. The van der Waals surface area contributed by atoms with Gasteiger partial charge in [-0.25, -0.2) is 0 Å². The van der Waals surface area contributed by atoms with Crippen LogP contribution in [-0.4, -0.2) is 60.6 Å². The molecule has 0 atom stereocenters. The van der Waals surface area contributed by atoms with Gasteiger partial charge in [-0.2, -0.15) is 11.8 Å². The maximum atomic E-state index is 12.5. The maximum absolute atomic E-state index is 12.5. The van der Waals surface area contributed by atoms with Gasteiger partial charge in [0.25, 0.3) is 0 Å². The van der Waals surface area contributed by atoms with Gasteiger partial charge in [0.15, 0.2) is 0 Å². The summed E-state index contributed by atoms with van der Waals surface area (Å²) in [6.07, 6.45) is 8.55. The molecule has 4 nitrogen and oxygen atoms in total. The van der Waals surface area contributed by atoms with Gasteiger partial charge >= 0.3 is 0 Å². The molecule has 0 bridgehead atoms. The number of nitrogens with zero attached hydrogens (tertiary/aromatic N) is 1. The van der Waals surface area contributed by atoms with Crippen LogP contribution >= 0.6 is 11.8 Å². The van der Waals surface area contributed by atoms with Crippen LogP contribution in [0.15, 0.2) is 0 Å². The lowest BCUT2D eigenvalue weighted by atomic mass is 9.79. The molecule has 3 fully saturated rings. The lowest BCUT2D eigenvalue weighted by Gasteiger charge is -2.48. The number of carbonyl (C=O) groups is 1. The fourth-order valence-corrected chi connectivity index (χ4v) is 5.24. The Morgan fingerprint density at radius 1 is 1.14 bits per heavy atom. The predicted molar refractivity (Wildman–Crippen MR) is 93.3 cm³/mol. The number of carbonyl (C=O) groups excluding carboxylic acids is 1. The van der Waals surface area contributed by atoms with E-state index in [0.717, 1.165) is 32.5 Å². The smallest absolute Gasteiger partial charge is 0.223 e. The molecule has 5 heteroatoms. The van der Waals surface area contributed by atoms with Crippen molar-refractivity contribution in [3.05, 3.63) is 0 Å². The molecule has 1 amide bonds. The second-order valence-corrected chi connectivity index (χ2v) is 8.35. The molecule has 3 aliphatic rings. The summed E-state index contributed by atoms with van der Waals surface area (Å²) in [5.74, 6) is 3.05. The fourth-order valence-electron chi connectivity index (χ4n) is 4.33. The number of nitrogens with one attached hydrogen (secondary N) is 2. The van der Waals surface area contributed by atoms with Gasteiger partial charge in [0, 0.05) is 42.6 Å². The molecule has 0 unspecified atom stereocenters. The van der Waals surface area contributed by atoms with Crippen molar-refractivity contribution in [2.75, 3.05) is 44.2 Å². The third-order valence-electron chi connectivity index (χ3n) is 5.77. The minimum Gasteiger partial charge on any atom is -0.354 e. The Hall–Kier alpha value is -0.260. The summed E-state index contributed by atoms with van der Waals surface area (Å²) < 4.78 is 0. The van der Waals surface area contributed by atoms with E-state index in [9.17, 15) is 4.79 Å². The molecule has 0 aromatic rings. The first-order chi connectivity index (χ1) is 10.8. The molecule has 22 heavy (non-hydrogen) atoms. The second kappa shape index (κ2) is 8.02. The Kier molecular flexibility index (Phi) is 6.05. The summed E-state index contributed by atoms with van der Waals surface area (Å²) in [6, 6.07) is 0. The highest BCUT2D eigenvalue weighted by Crippen LogP contribution is 2.35. The van der Waals surface area contributed by atoms with Crippen LogP contribution < -0.4 is 10.6 Å². The van der Waals surface area contributed by atoms with E-state index in [1.807, 2.05) is 0 Å². The van der Waals surface area contributed by atoms with Crippen LogP contribution in [0.3, 0.4) is 0 Å². The van der Waals surface area contributed by atoms with Gasteiger partial charge in [0.05, 0.1) is 0 Å². The summed E-state index contributed by atoms with van der Waals surface area (Å²) in [4.78, 5) is 15.2. The van der Waals surface area contributed by atoms with Crippen LogP contribution in [0.25, 0.3) is 0 Å². The molecule has 2 heterocycles. The van der Waals surface area contributed by atoms with Crippen molar-refractivity contribution in [2.24, 2.45) is 5.92 Å². The number of rotatable bonds is 4. The SMILES string of the molecule is O=C(NCC1(N2CCSCC2)CCCCC1)C1CCNCC1. The van der Waals surface area contributed by atoms with Gasteiger partial charge in [0.2, 0.25) is 5.91 Å². The van der Waals surface area contributed by atoms with E-state index in [-0.39, 0.29) is 11.5 Å². The maximum Gasteiger partial charge on any atom is 0.223 e. The summed E-state index contributed by atoms with van der Waals surface area (Å²) >= 11 is 2.07. The number of hydrogen-bond donors (Lipinski definition) is 2. The van der Waals surface area contributed by atoms with E-state index in [1.165, 1.54) is 56.7 Å². The molecule has 1 saturated carbocycles. The average Bonchev–Trinajstić information content (AvgIpc) is 2.62. The van der Waals surface area contributed by atoms with Crippen molar-refractivity contribution in [1.82, 2.24) is 15.5 Å². The van der Waals surface area contributed by atoms with Gasteiger partial charge < -0.3 is 10.6 Å². The summed E-state index contributed by atoms with van der Waals surface area (Å²) in [5, 5.41) is 6.69. The molecule has 3 rings (SSSR count). The molecule has 2 saturated heterocycles. The number of amides is 1. The highest BCUT2D eigenvalue weighted by molar-refractivity contribution is 7.99. The van der Waals surface area contributed by atoms with Crippen LogP contribution in [0.1, 0.15) is 44.9 Å². The minimum absolute atomic E-state index is 0.235. The molecular weight excluding hydrogens is 294 g/mol. The highest BCUT2D eigenvalue weighted by Gasteiger charge is 2.39. The largest absolute Gasteiger partial charge is 0.354 e. The zero-order valence-electron chi connectivity index (χ0n) is 13.7. The quantitative estimate of drug-likeness (QED) is 0.828. The van der Waals surface area contributed by atoms with E-state index in [4.69, 9.17) is 0 Å². The second-order valence-electron chi connectivity index (χ2n) is 7.13. The Labute approximate surface area is 139 Å². The van der Waals surface area contributed by atoms with E-state index >= 15 is 0 Å². The number of hydrogen-bond acceptors (Lipinski definition) is 4. The third-order valence-corrected chi connectivity index (χ3v) is 6.71. The Morgan fingerprint density at radius 3 is 2.50 bits per heavy atom. The lowest BCUT2D eigenvalue weighted by Crippen LogP contribution is -2.59. The highest BCUT2D eigenvalue weighted by atomic mass is 32.2. The molecule has 0 aromatic heterocycles. The van der Waals surface area contributed by atoms with E-state index in [0.29, 0.717) is 5.91 Å². The van der Waals surface area contributed by atoms with Gasteiger partial charge in [-0.3, -0.25) is 9.69 Å². The minimum atomic E-state index is 0.235. The third kappa shape index (κ3) is 3.98. The van der Waals surface area contributed by atoms with Crippen molar-refractivity contribution in [3.8, 4) is 0 Å². The van der Waals surface area contributed by atoms with Crippen LogP contribution in [-0.2, 0) is 4.79 Å². The Balaban J connectivity index is 1.58. The topological polar surface area (TPSA) is 44.4 Å². The van der Waals surface area contributed by atoms with E-state index in [1.54, 1.807) is 0 Å². The molecular formula is C17H31N3OS. The standard InChI is InChI=1S/C17H31N3OS/c21-16(15-4-8-18-9-5-15)19-14-17(6-2-1-3-7-17)20-10-12-22-13-11-20/h15,18H,1-14H2,(H,19,21). The van der Waals surface area contributed by atoms with Crippen molar-refractivity contribution >= 4 is 17.7 Å². The molecule has 0 aromatic carbocycles. The Morgan fingerprint density at radius 2 is 1.82 bits per heavy atom. The number of piperidine rings is 1. The van der Waals surface area contributed by atoms with Crippen LogP contribution in [0.5, 0.6) is 0 Å². The average molecular weight is 326 g/mol. The van der Waals surface area contributed by atoms with Gasteiger partial charge in [-0.15, -0.1) is 0 Å². The lowest BCUT2D eigenvalue weighted by molar-refractivity contribution is -0.126. The van der Waals surface area contributed by atoms with Crippen LogP contribution in [0.4, 0.5) is 0 Å². The van der Waals surface area contributed by atoms with E-state index in [2.05, 4.69) is 27.3 Å². The summed E-state index contributed by atoms with van der Waals surface area (Å²) in [7, 11) is 0. The van der Waals surface area contributed by atoms with Gasteiger partial charge in [0.1, 0.15) is 0 Å². The molecule has 126 valence electrons. The van der Waals surface area contributed by atoms with Crippen molar-refractivity contribution in [1.29, 1.82) is 0 Å². The molecule has 2 N–H and O–H groups in total. The van der Waals surface area contributed by atoms with Crippen molar-refractivity contribution in [2.45, 2.75) is 50.5 Å². The monoisotopic (exact) mass is 325 g/mol. The van der Waals surface area contributed by atoms with Crippen LogP contribution in [0.2, 0.25) is 0 Å². The number of thioether (sulfide) groups is 1. The zero-order chi connectivity index (χ0) is 15.3. The molecule has 1 aliphatic carbocycles. The molecule has 0 radical (unpaired) electrons. The van der Waals surface area contributed by atoms with Gasteiger partial charge in [-0.1, -0.05) is 19.3 Å². The van der Waals surface area contributed by atoms with Gasteiger partial charge in [-0.05, 0) is 38.8 Å². The first kappa shape index (κ1) is 16.6. The molecule has 2 aliphatic heterocycles. The molecule has 0 spiro atoms. The zero-order valence-corrected chi connectivity index (χ0v) is 14.6. The fraction of sp³-hybridized carbons (Fsp3) is 0.941. The van der Waals surface area contributed by atoms with Crippen molar-refractivity contribution < 1.29 is 4.79 Å². The first-order valence-corrected chi connectivity index (χ1v) is 10.3. The Bertz CT molecular complexity index is 359. The van der Waals surface area contributed by atoms with Crippen LogP contribution in [0, 0.1) is 5.92 Å². The van der Waals surface area contributed by atoms with E-state index < -0.39 is 0 Å². The predicted octanol–water partition coefficient (Wildman–Crippen LogP) is 1.85. The summed E-state index contributed by atoms with van der Waals surface area (Å²) in [6.45, 7) is 5.27. The first-order valence-electron chi connectivity index (χ1n) is 9.11. The van der Waals surface area contributed by atoms with Crippen molar-refractivity contribution in [3.63, 3.8) is 0 Å².